The van der Waals surface area contributed by atoms with Crippen LogP contribution in [0, 0.1) is 6.92 Å². The van der Waals surface area contributed by atoms with E-state index in [2.05, 4.69) is 52.5 Å². The predicted octanol–water partition coefficient (Wildman–Crippen LogP) is 6.17. The van der Waals surface area contributed by atoms with Crippen LogP contribution in [0.1, 0.15) is 21.4 Å². The van der Waals surface area contributed by atoms with Gasteiger partial charge in [0.05, 0.1) is 6.04 Å². The van der Waals surface area contributed by atoms with Crippen molar-refractivity contribution in [3.8, 4) is 0 Å². The second-order valence-corrected chi connectivity index (χ2v) is 7.38. The molecule has 1 N–H and O–H groups in total. The van der Waals surface area contributed by atoms with E-state index in [4.69, 9.17) is 11.6 Å². The highest BCUT2D eigenvalue weighted by Crippen LogP contribution is 2.30. The quantitative estimate of drug-likeness (QED) is 0.589. The van der Waals surface area contributed by atoms with E-state index >= 15 is 0 Å². The first kappa shape index (κ1) is 14.6. The standard InChI is InChI=1S/C17H16ClNS2/c1-12-6-7-13(10-15(12)18)19-16(17-5-3-9-21-17)11-14-4-2-8-20-14/h2-10,16,19H,11H2,1H3. The Morgan fingerprint density at radius 1 is 1.10 bits per heavy atom. The van der Waals surface area contributed by atoms with Gasteiger partial charge in [-0.25, -0.2) is 0 Å². The van der Waals surface area contributed by atoms with E-state index in [0.29, 0.717) is 0 Å². The number of anilines is 1. The molecule has 108 valence electrons. The van der Waals surface area contributed by atoms with Gasteiger partial charge < -0.3 is 5.32 Å². The highest BCUT2D eigenvalue weighted by Gasteiger charge is 2.14. The summed E-state index contributed by atoms with van der Waals surface area (Å²) in [6, 6.07) is 15.0. The van der Waals surface area contributed by atoms with E-state index in [1.54, 1.807) is 22.7 Å². The molecular formula is C17H16ClNS2. The Morgan fingerprint density at radius 2 is 1.90 bits per heavy atom. The molecule has 0 spiro atoms. The fourth-order valence-corrected chi connectivity index (χ4v) is 3.94. The molecule has 2 aromatic heterocycles. The second-order valence-electron chi connectivity index (χ2n) is 4.96. The van der Waals surface area contributed by atoms with Crippen LogP contribution in [-0.4, -0.2) is 0 Å². The number of halogens is 1. The molecule has 0 radical (unpaired) electrons. The summed E-state index contributed by atoms with van der Waals surface area (Å²) in [5.41, 5.74) is 2.17. The van der Waals surface area contributed by atoms with Crippen LogP contribution in [0.5, 0.6) is 0 Å². The van der Waals surface area contributed by atoms with E-state index in [1.165, 1.54) is 9.75 Å². The zero-order valence-corrected chi connectivity index (χ0v) is 14.1. The highest BCUT2D eigenvalue weighted by atomic mass is 35.5. The van der Waals surface area contributed by atoms with Crippen LogP contribution in [0.15, 0.2) is 53.2 Å². The fourth-order valence-electron chi connectivity index (χ4n) is 2.23. The van der Waals surface area contributed by atoms with Crippen LogP contribution in [0.2, 0.25) is 5.02 Å². The van der Waals surface area contributed by atoms with Gasteiger partial charge in [0.25, 0.3) is 0 Å². The zero-order valence-electron chi connectivity index (χ0n) is 11.7. The first-order chi connectivity index (χ1) is 10.2. The number of hydrogen-bond donors (Lipinski definition) is 1. The van der Waals surface area contributed by atoms with Gasteiger partial charge in [0.2, 0.25) is 0 Å². The number of aryl methyl sites for hydroxylation is 1. The van der Waals surface area contributed by atoms with Crippen molar-refractivity contribution in [3.63, 3.8) is 0 Å². The average Bonchev–Trinajstić information content (AvgIpc) is 3.15. The third-order valence-corrected chi connectivity index (χ3v) is 5.68. The lowest BCUT2D eigenvalue weighted by atomic mass is 10.1. The first-order valence-corrected chi connectivity index (χ1v) is 8.94. The Morgan fingerprint density at radius 3 is 2.57 bits per heavy atom. The van der Waals surface area contributed by atoms with Gasteiger partial charge in [0.15, 0.2) is 0 Å². The largest absolute Gasteiger partial charge is 0.377 e. The lowest BCUT2D eigenvalue weighted by molar-refractivity contribution is 0.802. The van der Waals surface area contributed by atoms with Gasteiger partial charge in [-0.05, 0) is 47.5 Å². The third-order valence-electron chi connectivity index (χ3n) is 3.38. The molecule has 0 aliphatic heterocycles. The van der Waals surface area contributed by atoms with E-state index in [9.17, 15) is 0 Å². The number of nitrogens with one attached hydrogen (secondary N) is 1. The van der Waals surface area contributed by atoms with Crippen LogP contribution in [0.4, 0.5) is 5.69 Å². The Labute approximate surface area is 138 Å². The van der Waals surface area contributed by atoms with Gasteiger partial charge in [0, 0.05) is 26.9 Å². The summed E-state index contributed by atoms with van der Waals surface area (Å²) < 4.78 is 0. The minimum absolute atomic E-state index is 0.280. The van der Waals surface area contributed by atoms with E-state index < -0.39 is 0 Å². The molecule has 1 nitrogen and oxygen atoms in total. The highest BCUT2D eigenvalue weighted by molar-refractivity contribution is 7.10. The van der Waals surface area contributed by atoms with Crippen molar-refractivity contribution in [2.45, 2.75) is 19.4 Å². The summed E-state index contributed by atoms with van der Waals surface area (Å²) in [5, 5.41) is 8.68. The van der Waals surface area contributed by atoms with Crippen molar-refractivity contribution in [1.29, 1.82) is 0 Å². The van der Waals surface area contributed by atoms with Crippen LogP contribution in [0.3, 0.4) is 0 Å². The van der Waals surface area contributed by atoms with Crippen molar-refractivity contribution < 1.29 is 0 Å². The molecule has 0 bridgehead atoms. The lowest BCUT2D eigenvalue weighted by Gasteiger charge is -2.19. The molecule has 3 rings (SSSR count). The van der Waals surface area contributed by atoms with Crippen LogP contribution < -0.4 is 5.32 Å². The third kappa shape index (κ3) is 3.67. The predicted molar refractivity (Wildman–Crippen MR) is 94.9 cm³/mol. The molecule has 0 fully saturated rings. The second kappa shape index (κ2) is 6.65. The number of rotatable bonds is 5. The van der Waals surface area contributed by atoms with Gasteiger partial charge in [-0.15, -0.1) is 22.7 Å². The van der Waals surface area contributed by atoms with Crippen LogP contribution in [0.25, 0.3) is 0 Å². The summed E-state index contributed by atoms with van der Waals surface area (Å²) in [6.07, 6.45) is 0.990. The lowest BCUT2D eigenvalue weighted by Crippen LogP contribution is -2.11. The molecule has 1 aromatic carbocycles. The number of thiophene rings is 2. The minimum atomic E-state index is 0.280. The normalized spacial score (nSPS) is 12.3. The molecule has 1 atom stereocenters. The van der Waals surface area contributed by atoms with Crippen LogP contribution >= 0.6 is 34.3 Å². The maximum Gasteiger partial charge on any atom is 0.0654 e. The van der Waals surface area contributed by atoms with E-state index in [0.717, 1.165) is 22.7 Å². The summed E-state index contributed by atoms with van der Waals surface area (Å²) in [6.45, 7) is 2.02. The minimum Gasteiger partial charge on any atom is -0.377 e. The van der Waals surface area contributed by atoms with Crippen molar-refractivity contribution in [3.05, 3.63) is 73.6 Å². The van der Waals surface area contributed by atoms with Gasteiger partial charge in [-0.2, -0.15) is 0 Å². The summed E-state index contributed by atoms with van der Waals surface area (Å²) in [5.74, 6) is 0. The van der Waals surface area contributed by atoms with E-state index in [-0.39, 0.29) is 6.04 Å². The first-order valence-electron chi connectivity index (χ1n) is 6.81. The SMILES string of the molecule is Cc1ccc(NC(Cc2cccs2)c2cccs2)cc1Cl. The molecule has 0 saturated heterocycles. The molecule has 0 aliphatic rings. The average molecular weight is 334 g/mol. The molecule has 2 heterocycles. The summed E-state index contributed by atoms with van der Waals surface area (Å²) >= 11 is 9.82. The topological polar surface area (TPSA) is 12.0 Å². The molecule has 0 saturated carbocycles. The van der Waals surface area contributed by atoms with E-state index in [1.807, 2.05) is 13.0 Å². The molecule has 0 aliphatic carbocycles. The molecular weight excluding hydrogens is 318 g/mol. The Kier molecular flexibility index (Phi) is 4.63. The molecule has 3 aromatic rings. The molecule has 4 heteroatoms. The van der Waals surface area contributed by atoms with Gasteiger partial charge in [-0.3, -0.25) is 0 Å². The maximum absolute atomic E-state index is 6.23. The zero-order chi connectivity index (χ0) is 14.7. The summed E-state index contributed by atoms with van der Waals surface area (Å²) in [4.78, 5) is 2.74. The number of benzene rings is 1. The Hall–Kier alpha value is -1.29. The van der Waals surface area contributed by atoms with Gasteiger partial charge in [0.1, 0.15) is 0 Å². The maximum atomic E-state index is 6.23. The van der Waals surface area contributed by atoms with Crippen molar-refractivity contribution in [2.75, 3.05) is 5.32 Å². The van der Waals surface area contributed by atoms with Gasteiger partial charge >= 0.3 is 0 Å². The van der Waals surface area contributed by atoms with Crippen molar-refractivity contribution in [2.24, 2.45) is 0 Å². The Balaban J connectivity index is 1.83. The molecule has 0 amide bonds. The molecule has 21 heavy (non-hydrogen) atoms. The smallest absolute Gasteiger partial charge is 0.0654 e. The monoisotopic (exact) mass is 333 g/mol. The Bertz CT molecular complexity index is 690. The van der Waals surface area contributed by atoms with Gasteiger partial charge in [-0.1, -0.05) is 29.8 Å². The summed E-state index contributed by atoms with van der Waals surface area (Å²) in [7, 11) is 0. The van der Waals surface area contributed by atoms with Crippen molar-refractivity contribution >= 4 is 40.0 Å². The van der Waals surface area contributed by atoms with Crippen LogP contribution in [-0.2, 0) is 6.42 Å². The number of hydrogen-bond acceptors (Lipinski definition) is 3. The van der Waals surface area contributed by atoms with Crippen molar-refractivity contribution in [1.82, 2.24) is 0 Å². The molecule has 1 unspecified atom stereocenters. The fraction of sp³-hybridized carbons (Fsp3) is 0.176.